The van der Waals surface area contributed by atoms with E-state index in [0.29, 0.717) is 0 Å². The highest BCUT2D eigenvalue weighted by Gasteiger charge is 2.23. The molecule has 3 nitrogen and oxygen atoms in total. The molecule has 0 aliphatic heterocycles. The summed E-state index contributed by atoms with van der Waals surface area (Å²) in [5.41, 5.74) is 5.97. The predicted molar refractivity (Wildman–Crippen MR) is 144 cm³/mol. The maximum absolute atomic E-state index is 4.42. The first kappa shape index (κ1) is 19.4. The molecule has 0 radical (unpaired) electrons. The molecular formula is C31H25N3. The summed E-state index contributed by atoms with van der Waals surface area (Å²) in [6, 6.07) is 30.9. The Balaban J connectivity index is 1.76. The lowest BCUT2D eigenvalue weighted by Gasteiger charge is -2.24. The lowest BCUT2D eigenvalue weighted by atomic mass is 10.0. The Kier molecular flexibility index (Phi) is 3.82. The van der Waals surface area contributed by atoms with Gasteiger partial charge in [-0.3, -0.25) is 4.98 Å². The van der Waals surface area contributed by atoms with Gasteiger partial charge in [-0.25, -0.2) is 0 Å². The van der Waals surface area contributed by atoms with Gasteiger partial charge in [-0.05, 0) is 67.9 Å². The van der Waals surface area contributed by atoms with E-state index in [1.807, 2.05) is 18.5 Å². The summed E-state index contributed by atoms with van der Waals surface area (Å²) in [6.07, 6.45) is 3.78. The summed E-state index contributed by atoms with van der Waals surface area (Å²) in [4.78, 5) is 4.42. The second-order valence-corrected chi connectivity index (χ2v) is 10.1. The molecule has 3 heterocycles. The standard InChI is InChI=1S/C31H25N3/c1-31(2,3)34-27-15-14-20-9-4-5-11-22(20)30(27)25-17-24-23-12-6-7-13-26(23)33(28(24)18-29(25)34)21-10-8-16-32-19-21/h4-19H,1-3H3. The highest BCUT2D eigenvalue weighted by Crippen LogP contribution is 2.42. The molecular weight excluding hydrogens is 414 g/mol. The first-order chi connectivity index (χ1) is 16.5. The van der Waals surface area contributed by atoms with Gasteiger partial charge < -0.3 is 9.13 Å². The molecule has 3 heteroatoms. The van der Waals surface area contributed by atoms with Crippen molar-refractivity contribution in [2.24, 2.45) is 0 Å². The molecule has 0 N–H and O–H groups in total. The van der Waals surface area contributed by atoms with E-state index in [0.717, 1.165) is 5.69 Å². The van der Waals surface area contributed by atoms with Crippen LogP contribution in [0.4, 0.5) is 0 Å². The molecule has 7 rings (SSSR count). The summed E-state index contributed by atoms with van der Waals surface area (Å²) in [7, 11) is 0. The average Bonchev–Trinajstić information content (AvgIpc) is 3.35. The van der Waals surface area contributed by atoms with Crippen LogP contribution in [-0.4, -0.2) is 14.1 Å². The zero-order chi connectivity index (χ0) is 23.0. The molecule has 0 saturated heterocycles. The second kappa shape index (κ2) is 6.71. The summed E-state index contributed by atoms with van der Waals surface area (Å²) < 4.78 is 4.86. The van der Waals surface area contributed by atoms with Gasteiger partial charge in [-0.15, -0.1) is 0 Å². The van der Waals surface area contributed by atoms with Gasteiger partial charge >= 0.3 is 0 Å². The van der Waals surface area contributed by atoms with E-state index in [1.54, 1.807) is 0 Å². The zero-order valence-corrected chi connectivity index (χ0v) is 19.6. The molecule has 164 valence electrons. The van der Waals surface area contributed by atoms with Gasteiger partial charge in [-0.1, -0.05) is 48.5 Å². The van der Waals surface area contributed by atoms with E-state index in [-0.39, 0.29) is 5.54 Å². The second-order valence-electron chi connectivity index (χ2n) is 10.1. The third kappa shape index (κ3) is 2.55. The highest BCUT2D eigenvalue weighted by molar-refractivity contribution is 6.24. The molecule has 0 atom stereocenters. The van der Waals surface area contributed by atoms with Crippen LogP contribution in [0.1, 0.15) is 20.8 Å². The van der Waals surface area contributed by atoms with Gasteiger partial charge in [0.05, 0.1) is 34.0 Å². The fourth-order valence-corrected chi connectivity index (χ4v) is 5.74. The lowest BCUT2D eigenvalue weighted by molar-refractivity contribution is 0.423. The number of fused-ring (bicyclic) bond motifs is 8. The van der Waals surface area contributed by atoms with Gasteiger partial charge in [0.1, 0.15) is 0 Å². The monoisotopic (exact) mass is 439 g/mol. The third-order valence-electron chi connectivity index (χ3n) is 7.02. The molecule has 0 fully saturated rings. The van der Waals surface area contributed by atoms with Crippen molar-refractivity contribution < 1.29 is 0 Å². The maximum Gasteiger partial charge on any atom is 0.0645 e. The van der Waals surface area contributed by atoms with E-state index in [2.05, 4.69) is 114 Å². The maximum atomic E-state index is 4.42. The SMILES string of the molecule is CC(C)(C)n1c2cc3c(cc2c2c4ccccc4ccc21)c1ccccc1n3-c1cccnc1. The van der Waals surface area contributed by atoms with Crippen molar-refractivity contribution in [2.75, 3.05) is 0 Å². The Labute approximate surface area is 197 Å². The minimum Gasteiger partial charge on any atom is -0.335 e. The topological polar surface area (TPSA) is 22.8 Å². The molecule has 0 unspecified atom stereocenters. The van der Waals surface area contributed by atoms with Crippen LogP contribution in [0.15, 0.2) is 97.3 Å². The van der Waals surface area contributed by atoms with Crippen LogP contribution in [0.25, 0.3) is 60.1 Å². The van der Waals surface area contributed by atoms with Crippen LogP contribution in [0.3, 0.4) is 0 Å². The normalized spacial score (nSPS) is 12.6. The molecule has 0 bridgehead atoms. The van der Waals surface area contributed by atoms with E-state index in [9.17, 15) is 0 Å². The highest BCUT2D eigenvalue weighted by atomic mass is 15.1. The summed E-state index contributed by atoms with van der Waals surface area (Å²) in [5, 5.41) is 7.77. The molecule has 0 aliphatic carbocycles. The molecule has 0 spiro atoms. The summed E-state index contributed by atoms with van der Waals surface area (Å²) in [6.45, 7) is 6.88. The Morgan fingerprint density at radius 3 is 2.21 bits per heavy atom. The van der Waals surface area contributed by atoms with Crippen LogP contribution < -0.4 is 0 Å². The molecule has 0 amide bonds. The minimum atomic E-state index is -0.0682. The van der Waals surface area contributed by atoms with Crippen molar-refractivity contribution in [1.29, 1.82) is 0 Å². The summed E-state index contributed by atoms with van der Waals surface area (Å²) in [5.74, 6) is 0. The smallest absolute Gasteiger partial charge is 0.0645 e. The fraction of sp³-hybridized carbons (Fsp3) is 0.129. The predicted octanol–water partition coefficient (Wildman–Crippen LogP) is 8.19. The number of benzene rings is 4. The number of hydrogen-bond donors (Lipinski definition) is 0. The zero-order valence-electron chi connectivity index (χ0n) is 19.6. The molecule has 0 aliphatic rings. The van der Waals surface area contributed by atoms with Crippen molar-refractivity contribution in [3.05, 3.63) is 97.3 Å². The van der Waals surface area contributed by atoms with E-state index in [1.165, 1.54) is 54.4 Å². The molecule has 3 aromatic heterocycles. The van der Waals surface area contributed by atoms with Gasteiger partial charge in [0.2, 0.25) is 0 Å². The Hall–Kier alpha value is -4.11. The summed E-state index contributed by atoms with van der Waals surface area (Å²) >= 11 is 0. The van der Waals surface area contributed by atoms with E-state index >= 15 is 0 Å². The Bertz CT molecular complexity index is 1880. The van der Waals surface area contributed by atoms with Gasteiger partial charge in [0.15, 0.2) is 0 Å². The van der Waals surface area contributed by atoms with Crippen LogP contribution >= 0.6 is 0 Å². The molecule has 4 aromatic carbocycles. The van der Waals surface area contributed by atoms with Gasteiger partial charge in [0.25, 0.3) is 0 Å². The van der Waals surface area contributed by atoms with Crippen molar-refractivity contribution in [2.45, 2.75) is 26.3 Å². The number of nitrogens with zero attached hydrogens (tertiary/aromatic N) is 3. The molecule has 7 aromatic rings. The number of para-hydroxylation sites is 1. The number of hydrogen-bond acceptors (Lipinski definition) is 1. The quantitative estimate of drug-likeness (QED) is 0.253. The minimum absolute atomic E-state index is 0.0682. The molecule has 34 heavy (non-hydrogen) atoms. The van der Waals surface area contributed by atoms with E-state index in [4.69, 9.17) is 0 Å². The van der Waals surface area contributed by atoms with Gasteiger partial charge in [-0.2, -0.15) is 0 Å². The third-order valence-corrected chi connectivity index (χ3v) is 7.02. The number of rotatable bonds is 1. The Morgan fingerprint density at radius 2 is 1.41 bits per heavy atom. The lowest BCUT2D eigenvalue weighted by Crippen LogP contribution is -2.21. The van der Waals surface area contributed by atoms with Gasteiger partial charge in [0, 0.05) is 33.3 Å². The van der Waals surface area contributed by atoms with Crippen LogP contribution in [0, 0.1) is 0 Å². The first-order valence-corrected chi connectivity index (χ1v) is 11.8. The fourth-order valence-electron chi connectivity index (χ4n) is 5.74. The van der Waals surface area contributed by atoms with Crippen LogP contribution in [0.2, 0.25) is 0 Å². The largest absolute Gasteiger partial charge is 0.335 e. The number of aromatic nitrogens is 3. The van der Waals surface area contributed by atoms with E-state index < -0.39 is 0 Å². The Morgan fingerprint density at radius 1 is 0.618 bits per heavy atom. The van der Waals surface area contributed by atoms with Crippen molar-refractivity contribution in [3.63, 3.8) is 0 Å². The van der Waals surface area contributed by atoms with Crippen LogP contribution in [-0.2, 0) is 5.54 Å². The van der Waals surface area contributed by atoms with Crippen molar-refractivity contribution in [3.8, 4) is 5.69 Å². The van der Waals surface area contributed by atoms with Crippen LogP contribution in [0.5, 0.6) is 0 Å². The first-order valence-electron chi connectivity index (χ1n) is 11.8. The number of pyridine rings is 1. The van der Waals surface area contributed by atoms with Crippen molar-refractivity contribution >= 4 is 54.4 Å². The molecule has 0 saturated carbocycles. The van der Waals surface area contributed by atoms with Crippen molar-refractivity contribution in [1.82, 2.24) is 14.1 Å². The average molecular weight is 440 g/mol.